The van der Waals surface area contributed by atoms with Crippen LogP contribution in [0, 0.1) is 11.6 Å². The third-order valence-electron chi connectivity index (χ3n) is 7.96. The minimum Gasteiger partial charge on any atom is -0.497 e. The summed E-state index contributed by atoms with van der Waals surface area (Å²) in [6.07, 6.45) is 0.256. The molecule has 0 aliphatic carbocycles. The molecule has 50 heavy (non-hydrogen) atoms. The number of para-hydroxylation sites is 2. The number of benzene rings is 4. The molecular weight excluding hydrogens is 644 g/mol. The van der Waals surface area contributed by atoms with E-state index >= 15 is 0 Å². The fraction of sp³-hybridized carbons (Fsp3) is 0.333. The van der Waals surface area contributed by atoms with Gasteiger partial charge in [-0.3, -0.25) is 9.59 Å². The maximum atomic E-state index is 14.2. The van der Waals surface area contributed by atoms with Crippen molar-refractivity contribution in [3.05, 3.63) is 119 Å². The number of nitrogens with one attached hydrogen (secondary N) is 2. The summed E-state index contributed by atoms with van der Waals surface area (Å²) in [4.78, 5) is 29.4. The zero-order chi connectivity index (χ0) is 36.0. The second kappa shape index (κ2) is 18.7. The Labute approximate surface area is 292 Å². The second-order valence-electron chi connectivity index (χ2n) is 11.9. The normalized spacial score (nSPS) is 12.1. The smallest absolute Gasteiger partial charge is 0.254 e. The number of aliphatic hydroxyl groups excluding tert-OH is 1. The number of rotatable bonds is 18. The van der Waals surface area contributed by atoms with Crippen molar-refractivity contribution in [3.8, 4) is 23.0 Å². The lowest BCUT2D eigenvalue weighted by Crippen LogP contribution is -2.48. The van der Waals surface area contributed by atoms with Gasteiger partial charge in [-0.15, -0.1) is 0 Å². The molecule has 9 nitrogen and oxygen atoms in total. The van der Waals surface area contributed by atoms with Crippen molar-refractivity contribution in [2.45, 2.75) is 51.8 Å². The monoisotopic (exact) mass is 689 g/mol. The minimum absolute atomic E-state index is 0.0453. The third-order valence-corrected chi connectivity index (χ3v) is 7.96. The first kappa shape index (κ1) is 37.8. The molecule has 0 fully saturated rings. The van der Waals surface area contributed by atoms with Crippen molar-refractivity contribution < 1.29 is 37.7 Å². The van der Waals surface area contributed by atoms with Crippen LogP contribution >= 0.6 is 0 Å². The zero-order valence-electron chi connectivity index (χ0n) is 28.9. The first-order valence-corrected chi connectivity index (χ1v) is 16.7. The summed E-state index contributed by atoms with van der Waals surface area (Å²) in [6.45, 7) is 5.47. The molecule has 2 atom stereocenters. The van der Waals surface area contributed by atoms with E-state index in [0.29, 0.717) is 36.9 Å². The number of amides is 2. The Bertz CT molecular complexity index is 1710. The summed E-state index contributed by atoms with van der Waals surface area (Å²) >= 11 is 0. The number of carbonyl (C=O) groups is 2. The summed E-state index contributed by atoms with van der Waals surface area (Å²) in [5.41, 5.74) is 1.50. The lowest BCUT2D eigenvalue weighted by Gasteiger charge is -2.26. The molecule has 0 saturated heterocycles. The van der Waals surface area contributed by atoms with Crippen LogP contribution in [0.15, 0.2) is 84.9 Å². The van der Waals surface area contributed by atoms with Gasteiger partial charge in [0, 0.05) is 43.4 Å². The number of methoxy groups -OCH3 is 2. The average Bonchev–Trinajstić information content (AvgIpc) is 3.10. The van der Waals surface area contributed by atoms with Crippen LogP contribution in [0.5, 0.6) is 23.0 Å². The predicted molar refractivity (Wildman–Crippen MR) is 188 cm³/mol. The first-order valence-electron chi connectivity index (χ1n) is 16.7. The van der Waals surface area contributed by atoms with Crippen molar-refractivity contribution in [2.75, 3.05) is 33.9 Å². The quantitative estimate of drug-likeness (QED) is 0.109. The van der Waals surface area contributed by atoms with Crippen molar-refractivity contribution in [1.82, 2.24) is 15.5 Å². The summed E-state index contributed by atoms with van der Waals surface area (Å²) < 4.78 is 45.2. The third kappa shape index (κ3) is 10.8. The SMILES string of the molecule is CCCN(CCC)C(=O)c1cc(Oc2ccccc2OC)cc(C(=O)N[C@@H](Cc2cc(F)cc(F)c2)[C@H](O)CNCc2cccc(OC)c2)c1. The Morgan fingerprint density at radius 3 is 2.12 bits per heavy atom. The van der Waals surface area contributed by atoms with Gasteiger partial charge < -0.3 is 34.9 Å². The van der Waals surface area contributed by atoms with Crippen LogP contribution in [-0.2, 0) is 13.0 Å². The molecule has 4 aromatic carbocycles. The summed E-state index contributed by atoms with van der Waals surface area (Å²) in [6, 6.07) is 21.1. The highest BCUT2D eigenvalue weighted by atomic mass is 19.1. The molecule has 0 heterocycles. The molecule has 4 rings (SSSR count). The molecule has 0 bridgehead atoms. The first-order chi connectivity index (χ1) is 24.1. The van der Waals surface area contributed by atoms with Gasteiger partial charge in [-0.25, -0.2) is 8.78 Å². The Balaban J connectivity index is 1.64. The van der Waals surface area contributed by atoms with Gasteiger partial charge in [0.1, 0.15) is 23.1 Å². The molecule has 0 aliphatic rings. The van der Waals surface area contributed by atoms with Gasteiger partial charge in [-0.05, 0) is 85.0 Å². The molecule has 2 amide bonds. The number of nitrogens with zero attached hydrogens (tertiary/aromatic N) is 1. The summed E-state index contributed by atoms with van der Waals surface area (Å²) in [5.74, 6) is -0.674. The number of hydrogen-bond donors (Lipinski definition) is 3. The van der Waals surface area contributed by atoms with Gasteiger partial charge in [-0.2, -0.15) is 0 Å². The van der Waals surface area contributed by atoms with Crippen LogP contribution in [0.3, 0.4) is 0 Å². The van der Waals surface area contributed by atoms with Crippen LogP contribution in [0.25, 0.3) is 0 Å². The van der Waals surface area contributed by atoms with E-state index in [2.05, 4.69) is 10.6 Å². The molecule has 0 aliphatic heterocycles. The van der Waals surface area contributed by atoms with E-state index in [1.807, 2.05) is 38.1 Å². The molecule has 0 radical (unpaired) electrons. The molecular formula is C39H45F2N3O6. The molecule has 0 saturated carbocycles. The largest absolute Gasteiger partial charge is 0.497 e. The van der Waals surface area contributed by atoms with Crippen molar-refractivity contribution in [3.63, 3.8) is 0 Å². The predicted octanol–water partition coefficient (Wildman–Crippen LogP) is 6.53. The average molecular weight is 690 g/mol. The standard InChI is InChI=1S/C39H45F2N3O6/c1-5-14-44(15-6-2)39(47)29-20-28(21-33(22-29)50-37-13-8-7-12-36(37)49-4)38(46)43-34(19-27-16-30(40)23-31(41)17-27)35(45)25-42-24-26-10-9-11-32(18-26)48-3/h7-13,16-18,20-23,34-35,42,45H,5-6,14-15,19,24-25H2,1-4H3,(H,43,46)/t34-,35+/m0/s1. The van der Waals surface area contributed by atoms with E-state index in [4.69, 9.17) is 14.2 Å². The molecule has 0 spiro atoms. The van der Waals surface area contributed by atoms with Gasteiger partial charge >= 0.3 is 0 Å². The van der Waals surface area contributed by atoms with Crippen LogP contribution in [-0.4, -0.2) is 67.8 Å². The Morgan fingerprint density at radius 2 is 1.46 bits per heavy atom. The van der Waals surface area contributed by atoms with E-state index in [-0.39, 0.29) is 41.3 Å². The van der Waals surface area contributed by atoms with Crippen molar-refractivity contribution >= 4 is 11.8 Å². The Kier molecular flexibility index (Phi) is 14.1. The highest BCUT2D eigenvalue weighted by Crippen LogP contribution is 2.32. The molecule has 4 aromatic rings. The van der Waals surface area contributed by atoms with E-state index in [9.17, 15) is 23.5 Å². The molecule has 0 aromatic heterocycles. The van der Waals surface area contributed by atoms with Crippen LogP contribution < -0.4 is 24.8 Å². The zero-order valence-corrected chi connectivity index (χ0v) is 28.9. The number of ether oxygens (including phenoxy) is 3. The number of aliphatic hydroxyl groups is 1. The molecule has 3 N–H and O–H groups in total. The van der Waals surface area contributed by atoms with Crippen molar-refractivity contribution in [1.29, 1.82) is 0 Å². The number of hydrogen-bond acceptors (Lipinski definition) is 7. The van der Waals surface area contributed by atoms with E-state index in [0.717, 1.165) is 36.6 Å². The number of carbonyl (C=O) groups excluding carboxylic acids is 2. The fourth-order valence-electron chi connectivity index (χ4n) is 5.59. The van der Waals surface area contributed by atoms with Crippen LogP contribution in [0.1, 0.15) is 58.5 Å². The molecule has 0 unspecified atom stereocenters. The van der Waals surface area contributed by atoms with Gasteiger partial charge in [0.05, 0.1) is 26.4 Å². The van der Waals surface area contributed by atoms with Crippen LogP contribution in [0.2, 0.25) is 0 Å². The Morgan fingerprint density at radius 1 is 0.780 bits per heavy atom. The van der Waals surface area contributed by atoms with Crippen molar-refractivity contribution in [2.24, 2.45) is 0 Å². The minimum atomic E-state index is -1.17. The lowest BCUT2D eigenvalue weighted by molar-refractivity contribution is 0.0755. The lowest BCUT2D eigenvalue weighted by atomic mass is 9.99. The number of halogens is 2. The van der Waals surface area contributed by atoms with Gasteiger partial charge in [0.25, 0.3) is 11.8 Å². The molecule has 11 heteroatoms. The van der Waals surface area contributed by atoms with E-state index < -0.39 is 29.7 Å². The van der Waals surface area contributed by atoms with Gasteiger partial charge in [-0.1, -0.05) is 38.1 Å². The fourth-order valence-corrected chi connectivity index (χ4v) is 5.59. The van der Waals surface area contributed by atoms with E-state index in [1.165, 1.54) is 19.2 Å². The highest BCUT2D eigenvalue weighted by molar-refractivity contribution is 6.00. The summed E-state index contributed by atoms with van der Waals surface area (Å²) in [5, 5.41) is 17.4. The van der Waals surface area contributed by atoms with E-state index in [1.54, 1.807) is 42.3 Å². The molecule has 266 valence electrons. The summed E-state index contributed by atoms with van der Waals surface area (Å²) in [7, 11) is 3.08. The topological polar surface area (TPSA) is 109 Å². The highest BCUT2D eigenvalue weighted by Gasteiger charge is 2.25. The van der Waals surface area contributed by atoms with Crippen LogP contribution in [0.4, 0.5) is 8.78 Å². The Hall–Kier alpha value is -5.00. The maximum absolute atomic E-state index is 14.2. The second-order valence-corrected chi connectivity index (χ2v) is 11.9. The maximum Gasteiger partial charge on any atom is 0.254 e. The van der Waals surface area contributed by atoms with Gasteiger partial charge in [0.15, 0.2) is 11.5 Å². The van der Waals surface area contributed by atoms with Gasteiger partial charge in [0.2, 0.25) is 0 Å².